The lowest BCUT2D eigenvalue weighted by molar-refractivity contribution is 0.0297. The molecule has 0 bridgehead atoms. The third-order valence-corrected chi connectivity index (χ3v) is 4.62. The minimum Gasteiger partial charge on any atom is -0.371 e. The van der Waals surface area contributed by atoms with Crippen LogP contribution >= 0.6 is 27.5 Å². The molecule has 0 amide bonds. The number of ether oxygens (including phenoxy) is 1. The normalized spacial score (nSPS) is 17.8. The molecular weight excluding hydrogens is 344 g/mol. The van der Waals surface area contributed by atoms with Crippen molar-refractivity contribution in [1.29, 1.82) is 0 Å². The zero-order chi connectivity index (χ0) is 14.1. The zero-order valence-electron chi connectivity index (χ0n) is 10.6. The maximum absolute atomic E-state index is 12.1. The highest BCUT2D eigenvalue weighted by Gasteiger charge is 2.21. The lowest BCUT2D eigenvalue weighted by Crippen LogP contribution is -2.28. The summed E-state index contributed by atoms with van der Waals surface area (Å²) < 4.78 is 7.60. The van der Waals surface area contributed by atoms with Crippen molar-refractivity contribution in [3.63, 3.8) is 0 Å². The lowest BCUT2D eigenvalue weighted by atomic mass is 9.97. The average Bonchev–Trinajstić information content (AvgIpc) is 2.48. The molecule has 2 heterocycles. The van der Waals surface area contributed by atoms with Crippen LogP contribution < -0.4 is 5.56 Å². The van der Waals surface area contributed by atoms with E-state index in [1.165, 1.54) is 16.5 Å². The topological polar surface area (TPSA) is 44.1 Å². The molecular formula is C14H12BrClN2O2. The summed E-state index contributed by atoms with van der Waals surface area (Å²) in [5, 5.41) is 0.177. The first-order valence-corrected chi connectivity index (χ1v) is 7.44. The van der Waals surface area contributed by atoms with Crippen molar-refractivity contribution < 1.29 is 4.74 Å². The number of aromatic nitrogens is 2. The summed E-state index contributed by atoms with van der Waals surface area (Å²) in [5.41, 5.74) is 2.21. The van der Waals surface area contributed by atoms with E-state index in [1.54, 1.807) is 0 Å². The molecule has 0 saturated heterocycles. The summed E-state index contributed by atoms with van der Waals surface area (Å²) in [6.45, 7) is 1.09. The van der Waals surface area contributed by atoms with Crippen molar-refractivity contribution in [3.8, 4) is 0 Å². The Kier molecular flexibility index (Phi) is 3.92. The quantitative estimate of drug-likeness (QED) is 0.778. The number of nitrogens with zero attached hydrogens (tertiary/aromatic N) is 2. The second-order valence-electron chi connectivity index (χ2n) is 4.62. The fourth-order valence-corrected chi connectivity index (χ4v) is 2.84. The number of hydrogen-bond acceptors (Lipinski definition) is 3. The number of halogens is 2. The molecule has 20 heavy (non-hydrogen) atoms. The van der Waals surface area contributed by atoms with Crippen LogP contribution in [0.2, 0.25) is 5.15 Å². The lowest BCUT2D eigenvalue weighted by Gasteiger charge is -2.26. The Morgan fingerprint density at radius 2 is 2.25 bits per heavy atom. The molecule has 1 aromatic heterocycles. The molecule has 1 unspecified atom stereocenters. The summed E-state index contributed by atoms with van der Waals surface area (Å²) >= 11 is 8.97. The maximum atomic E-state index is 12.1. The molecule has 104 valence electrons. The van der Waals surface area contributed by atoms with E-state index in [1.807, 2.05) is 18.2 Å². The third kappa shape index (κ3) is 2.53. The molecule has 0 radical (unpaired) electrons. The molecule has 1 atom stereocenters. The van der Waals surface area contributed by atoms with Crippen LogP contribution in [0.3, 0.4) is 0 Å². The van der Waals surface area contributed by atoms with Gasteiger partial charge < -0.3 is 4.74 Å². The van der Waals surface area contributed by atoms with Gasteiger partial charge in [0.1, 0.15) is 10.6 Å². The molecule has 1 aliphatic rings. The van der Waals surface area contributed by atoms with Gasteiger partial charge in [0, 0.05) is 0 Å². The fourth-order valence-electron chi connectivity index (χ4n) is 2.38. The molecule has 0 aliphatic carbocycles. The van der Waals surface area contributed by atoms with Gasteiger partial charge in [-0.2, -0.15) is 0 Å². The van der Waals surface area contributed by atoms with Crippen molar-refractivity contribution in [3.05, 3.63) is 61.7 Å². The molecule has 2 aromatic rings. The summed E-state index contributed by atoms with van der Waals surface area (Å²) in [6.07, 6.45) is 2.23. The Morgan fingerprint density at radius 1 is 1.45 bits per heavy atom. The summed E-state index contributed by atoms with van der Waals surface area (Å²) in [4.78, 5) is 16.1. The predicted octanol–water partition coefficient (Wildman–Crippen LogP) is 2.97. The Morgan fingerprint density at radius 3 is 3.10 bits per heavy atom. The molecule has 0 N–H and O–H groups in total. The maximum Gasteiger partial charge on any atom is 0.269 e. The Bertz CT molecular complexity index is 702. The Balaban J connectivity index is 1.94. The van der Waals surface area contributed by atoms with E-state index in [4.69, 9.17) is 16.3 Å². The first-order chi connectivity index (χ1) is 9.66. The van der Waals surface area contributed by atoms with Gasteiger partial charge in [-0.05, 0) is 33.5 Å². The summed E-state index contributed by atoms with van der Waals surface area (Å²) in [5.74, 6) is 0. The van der Waals surface area contributed by atoms with Gasteiger partial charge in [0.2, 0.25) is 0 Å². The predicted molar refractivity (Wildman–Crippen MR) is 80.0 cm³/mol. The number of hydrogen-bond donors (Lipinski definition) is 0. The molecule has 0 saturated carbocycles. The first-order valence-electron chi connectivity index (χ1n) is 6.26. The van der Waals surface area contributed by atoms with Crippen LogP contribution in [-0.4, -0.2) is 16.2 Å². The van der Waals surface area contributed by atoms with Gasteiger partial charge in [0.05, 0.1) is 19.5 Å². The molecule has 3 rings (SSSR count). The SMILES string of the molecule is O=c1c(Br)c(Cl)ncn1CC1OCCc2ccccc21. The van der Waals surface area contributed by atoms with E-state index >= 15 is 0 Å². The van der Waals surface area contributed by atoms with Crippen LogP contribution in [-0.2, 0) is 17.7 Å². The molecule has 6 heteroatoms. The van der Waals surface area contributed by atoms with Crippen LogP contribution in [0.5, 0.6) is 0 Å². The minimum absolute atomic E-state index is 0.132. The molecule has 4 nitrogen and oxygen atoms in total. The van der Waals surface area contributed by atoms with Crippen molar-refractivity contribution in [2.24, 2.45) is 0 Å². The van der Waals surface area contributed by atoms with E-state index in [-0.39, 0.29) is 21.3 Å². The van der Waals surface area contributed by atoms with E-state index in [2.05, 4.69) is 27.0 Å². The van der Waals surface area contributed by atoms with Crippen LogP contribution in [0.25, 0.3) is 0 Å². The van der Waals surface area contributed by atoms with Crippen LogP contribution in [0, 0.1) is 0 Å². The number of rotatable bonds is 2. The second-order valence-corrected chi connectivity index (χ2v) is 5.77. The standard InChI is InChI=1S/C14H12BrClN2O2/c15-12-13(16)17-8-18(14(12)19)7-11-10-4-2-1-3-9(10)5-6-20-11/h1-4,8,11H,5-7H2. The van der Waals surface area contributed by atoms with Crippen LogP contribution in [0.1, 0.15) is 17.2 Å². The van der Waals surface area contributed by atoms with E-state index < -0.39 is 0 Å². The van der Waals surface area contributed by atoms with E-state index in [0.29, 0.717) is 13.2 Å². The van der Waals surface area contributed by atoms with Gasteiger partial charge in [0.25, 0.3) is 5.56 Å². The van der Waals surface area contributed by atoms with Crippen molar-refractivity contribution in [1.82, 2.24) is 9.55 Å². The number of benzene rings is 1. The molecule has 1 aliphatic heterocycles. The minimum atomic E-state index is -0.198. The van der Waals surface area contributed by atoms with Crippen molar-refractivity contribution >= 4 is 27.5 Å². The highest BCUT2D eigenvalue weighted by molar-refractivity contribution is 9.10. The van der Waals surface area contributed by atoms with Gasteiger partial charge in [-0.1, -0.05) is 35.9 Å². The smallest absolute Gasteiger partial charge is 0.269 e. The van der Waals surface area contributed by atoms with Gasteiger partial charge in [-0.25, -0.2) is 4.98 Å². The third-order valence-electron chi connectivity index (χ3n) is 3.40. The van der Waals surface area contributed by atoms with Crippen molar-refractivity contribution in [2.45, 2.75) is 19.1 Å². The molecule has 0 fully saturated rings. The van der Waals surface area contributed by atoms with Gasteiger partial charge >= 0.3 is 0 Å². The highest BCUT2D eigenvalue weighted by Crippen LogP contribution is 2.28. The van der Waals surface area contributed by atoms with Crippen LogP contribution in [0.4, 0.5) is 0 Å². The molecule has 1 aromatic carbocycles. The highest BCUT2D eigenvalue weighted by atomic mass is 79.9. The summed E-state index contributed by atoms with van der Waals surface area (Å²) in [6, 6.07) is 8.15. The largest absolute Gasteiger partial charge is 0.371 e. The van der Waals surface area contributed by atoms with Gasteiger partial charge in [0.15, 0.2) is 5.15 Å². The van der Waals surface area contributed by atoms with E-state index in [9.17, 15) is 4.79 Å². The molecule has 0 spiro atoms. The fraction of sp³-hybridized carbons (Fsp3) is 0.286. The Hall–Kier alpha value is -1.17. The van der Waals surface area contributed by atoms with Gasteiger partial charge in [-0.3, -0.25) is 9.36 Å². The zero-order valence-corrected chi connectivity index (χ0v) is 12.9. The number of fused-ring (bicyclic) bond motifs is 1. The van der Waals surface area contributed by atoms with Gasteiger partial charge in [-0.15, -0.1) is 0 Å². The van der Waals surface area contributed by atoms with E-state index in [0.717, 1.165) is 12.0 Å². The monoisotopic (exact) mass is 354 g/mol. The Labute approximate surface area is 129 Å². The average molecular weight is 356 g/mol. The second kappa shape index (κ2) is 5.68. The first kappa shape index (κ1) is 13.8. The van der Waals surface area contributed by atoms with Crippen molar-refractivity contribution in [2.75, 3.05) is 6.61 Å². The van der Waals surface area contributed by atoms with Crippen LogP contribution in [0.15, 0.2) is 39.9 Å². The summed E-state index contributed by atoms with van der Waals surface area (Å²) in [7, 11) is 0.